The first-order valence-corrected chi connectivity index (χ1v) is 9.11. The van der Waals surface area contributed by atoms with Gasteiger partial charge in [-0.15, -0.1) is 0 Å². The smallest absolute Gasteiger partial charge is 0.255 e. The van der Waals surface area contributed by atoms with Crippen LogP contribution >= 0.6 is 0 Å². The molecule has 3 rings (SSSR count). The van der Waals surface area contributed by atoms with Crippen LogP contribution in [0.3, 0.4) is 0 Å². The van der Waals surface area contributed by atoms with E-state index in [4.69, 9.17) is 0 Å². The van der Waals surface area contributed by atoms with Gasteiger partial charge in [0.1, 0.15) is 0 Å². The first-order chi connectivity index (χ1) is 11.4. The van der Waals surface area contributed by atoms with E-state index in [1.165, 1.54) is 0 Å². The molecule has 0 unspecified atom stereocenters. The van der Waals surface area contributed by atoms with E-state index in [0.29, 0.717) is 13.1 Å². The molecular weight excluding hydrogens is 302 g/mol. The molecule has 0 radical (unpaired) electrons. The summed E-state index contributed by atoms with van der Waals surface area (Å²) >= 11 is 0. The second kappa shape index (κ2) is 6.26. The molecule has 2 aliphatic heterocycles. The lowest BCUT2D eigenvalue weighted by molar-refractivity contribution is -0.145. The first-order valence-electron chi connectivity index (χ1n) is 9.11. The summed E-state index contributed by atoms with van der Waals surface area (Å²) in [4.78, 5) is 29.8. The molecule has 3 heterocycles. The first kappa shape index (κ1) is 17.1. The van der Waals surface area contributed by atoms with Crippen LogP contribution in [0.5, 0.6) is 0 Å². The number of aromatic nitrogens is 1. The lowest BCUT2D eigenvalue weighted by atomic mass is 9.78. The molecule has 0 aliphatic carbocycles. The summed E-state index contributed by atoms with van der Waals surface area (Å²) in [5.74, 6) is 0.348. The van der Waals surface area contributed by atoms with Crippen molar-refractivity contribution in [3.8, 4) is 0 Å². The third-order valence-electron chi connectivity index (χ3n) is 5.96. The monoisotopic (exact) mass is 331 g/mol. The van der Waals surface area contributed by atoms with Gasteiger partial charge in [0.2, 0.25) is 5.91 Å². The van der Waals surface area contributed by atoms with Crippen molar-refractivity contribution in [1.29, 1.82) is 0 Å². The second-order valence-corrected chi connectivity index (χ2v) is 7.50. The number of nitrogens with zero attached hydrogens (tertiary/aromatic N) is 3. The minimum atomic E-state index is -0.333. The fraction of sp³-hybridized carbons (Fsp3) is 0.684. The Morgan fingerprint density at radius 1 is 1.25 bits per heavy atom. The molecule has 5 heteroatoms. The highest BCUT2D eigenvalue weighted by Gasteiger charge is 2.49. The van der Waals surface area contributed by atoms with E-state index in [-0.39, 0.29) is 17.2 Å². The molecule has 2 aliphatic rings. The van der Waals surface area contributed by atoms with Gasteiger partial charge >= 0.3 is 0 Å². The van der Waals surface area contributed by atoms with E-state index in [1.807, 2.05) is 41.3 Å². The molecule has 1 aromatic rings. The number of piperidine rings is 1. The number of carbonyl (C=O) groups excluding carboxylic acids is 2. The highest BCUT2D eigenvalue weighted by Crippen LogP contribution is 2.40. The van der Waals surface area contributed by atoms with Crippen molar-refractivity contribution in [2.45, 2.75) is 46.5 Å². The molecule has 1 aromatic heterocycles. The molecular formula is C19H29N3O2. The van der Waals surface area contributed by atoms with Crippen LogP contribution in [0.15, 0.2) is 6.07 Å². The number of carbonyl (C=O) groups is 2. The zero-order chi connectivity index (χ0) is 17.5. The Balaban J connectivity index is 1.78. The van der Waals surface area contributed by atoms with Crippen molar-refractivity contribution in [3.05, 3.63) is 23.0 Å². The molecule has 2 saturated heterocycles. The van der Waals surface area contributed by atoms with Gasteiger partial charge in [-0.25, -0.2) is 0 Å². The van der Waals surface area contributed by atoms with E-state index in [1.54, 1.807) is 0 Å². The van der Waals surface area contributed by atoms with Crippen LogP contribution < -0.4 is 0 Å². The van der Waals surface area contributed by atoms with Crippen LogP contribution in [-0.4, -0.2) is 52.4 Å². The van der Waals surface area contributed by atoms with Gasteiger partial charge in [0.15, 0.2) is 0 Å². The van der Waals surface area contributed by atoms with Gasteiger partial charge < -0.3 is 14.4 Å². The van der Waals surface area contributed by atoms with Gasteiger partial charge in [0, 0.05) is 44.6 Å². The van der Waals surface area contributed by atoms with Crippen molar-refractivity contribution in [2.24, 2.45) is 12.5 Å². The summed E-state index contributed by atoms with van der Waals surface area (Å²) in [5, 5.41) is 0. The van der Waals surface area contributed by atoms with Crippen molar-refractivity contribution in [2.75, 3.05) is 26.2 Å². The molecule has 0 saturated carbocycles. The van der Waals surface area contributed by atoms with E-state index in [0.717, 1.165) is 55.7 Å². The van der Waals surface area contributed by atoms with E-state index < -0.39 is 0 Å². The standard InChI is InChI=1S/C19H29N3O2/c1-5-9-21-10-6-7-19(18(21)24)8-11-22(13-19)17(23)16-12-14(2)20(4)15(16)3/h12H,5-11,13H2,1-4H3/t19-/m1/s1. The molecule has 0 bridgehead atoms. The zero-order valence-electron chi connectivity index (χ0n) is 15.4. The van der Waals surface area contributed by atoms with Gasteiger partial charge in [-0.2, -0.15) is 0 Å². The van der Waals surface area contributed by atoms with Crippen LogP contribution in [0, 0.1) is 19.3 Å². The number of amides is 2. The normalized spacial score (nSPS) is 24.2. The fourth-order valence-electron chi connectivity index (χ4n) is 4.30. The second-order valence-electron chi connectivity index (χ2n) is 7.50. The van der Waals surface area contributed by atoms with Crippen molar-refractivity contribution in [3.63, 3.8) is 0 Å². The van der Waals surface area contributed by atoms with E-state index >= 15 is 0 Å². The van der Waals surface area contributed by atoms with E-state index in [9.17, 15) is 9.59 Å². The lowest BCUT2D eigenvalue weighted by Gasteiger charge is -2.39. The predicted molar refractivity (Wildman–Crippen MR) is 93.9 cm³/mol. The van der Waals surface area contributed by atoms with Crippen LogP contribution in [0.2, 0.25) is 0 Å². The Morgan fingerprint density at radius 2 is 2.00 bits per heavy atom. The van der Waals surface area contributed by atoms with Gasteiger partial charge in [0.25, 0.3) is 5.91 Å². The average molecular weight is 331 g/mol. The number of hydrogen-bond donors (Lipinski definition) is 0. The Labute approximate surface area is 144 Å². The number of aryl methyl sites for hydroxylation is 1. The fourth-order valence-corrected chi connectivity index (χ4v) is 4.30. The van der Waals surface area contributed by atoms with Gasteiger partial charge in [-0.05, 0) is 45.6 Å². The third kappa shape index (κ3) is 2.64. The molecule has 2 amide bonds. The van der Waals surface area contributed by atoms with Crippen molar-refractivity contribution in [1.82, 2.24) is 14.4 Å². The van der Waals surface area contributed by atoms with Crippen molar-refractivity contribution < 1.29 is 9.59 Å². The van der Waals surface area contributed by atoms with E-state index in [2.05, 4.69) is 6.92 Å². The van der Waals surface area contributed by atoms with Crippen LogP contribution in [0.25, 0.3) is 0 Å². The highest BCUT2D eigenvalue weighted by atomic mass is 16.2. The lowest BCUT2D eigenvalue weighted by Crippen LogP contribution is -2.50. The minimum Gasteiger partial charge on any atom is -0.351 e. The molecule has 0 N–H and O–H groups in total. The van der Waals surface area contributed by atoms with Crippen LogP contribution in [0.1, 0.15) is 54.4 Å². The zero-order valence-corrected chi connectivity index (χ0v) is 15.4. The summed E-state index contributed by atoms with van der Waals surface area (Å²) in [6.45, 7) is 9.10. The summed E-state index contributed by atoms with van der Waals surface area (Å²) in [6.07, 6.45) is 3.77. The SMILES string of the molecule is CCCN1CCC[C@]2(CCN(C(=O)c3cc(C)n(C)c3C)C2)C1=O. The minimum absolute atomic E-state index is 0.0773. The Hall–Kier alpha value is -1.78. The molecule has 2 fully saturated rings. The summed E-state index contributed by atoms with van der Waals surface area (Å²) in [6, 6.07) is 1.97. The number of likely N-dealkylation sites (tertiary alicyclic amines) is 2. The summed E-state index contributed by atoms with van der Waals surface area (Å²) < 4.78 is 2.05. The molecule has 0 aromatic carbocycles. The van der Waals surface area contributed by atoms with Gasteiger partial charge in [0.05, 0.1) is 11.0 Å². The molecule has 24 heavy (non-hydrogen) atoms. The summed E-state index contributed by atoms with van der Waals surface area (Å²) in [7, 11) is 1.99. The quantitative estimate of drug-likeness (QED) is 0.854. The highest BCUT2D eigenvalue weighted by molar-refractivity contribution is 5.97. The Bertz CT molecular complexity index is 662. The number of rotatable bonds is 3. The number of hydrogen-bond acceptors (Lipinski definition) is 2. The maximum atomic E-state index is 13.0. The van der Waals surface area contributed by atoms with Crippen molar-refractivity contribution >= 4 is 11.8 Å². The maximum Gasteiger partial charge on any atom is 0.255 e. The molecule has 1 spiro atoms. The molecule has 1 atom stereocenters. The average Bonchev–Trinajstić information content (AvgIpc) is 3.10. The summed E-state index contributed by atoms with van der Waals surface area (Å²) in [5.41, 5.74) is 2.54. The largest absolute Gasteiger partial charge is 0.351 e. The van der Waals surface area contributed by atoms with Crippen LogP contribution in [0.4, 0.5) is 0 Å². The van der Waals surface area contributed by atoms with Gasteiger partial charge in [-0.3, -0.25) is 9.59 Å². The topological polar surface area (TPSA) is 45.5 Å². The van der Waals surface area contributed by atoms with Gasteiger partial charge in [-0.1, -0.05) is 6.92 Å². The predicted octanol–water partition coefficient (Wildman–Crippen LogP) is 2.51. The Morgan fingerprint density at radius 3 is 2.62 bits per heavy atom. The van der Waals surface area contributed by atoms with Crippen LogP contribution in [-0.2, 0) is 11.8 Å². The Kier molecular flexibility index (Phi) is 4.45. The molecule has 5 nitrogen and oxygen atoms in total. The maximum absolute atomic E-state index is 13.0. The molecule has 132 valence electrons. The third-order valence-corrected chi connectivity index (χ3v) is 5.96.